The van der Waals surface area contributed by atoms with Gasteiger partial charge in [-0.1, -0.05) is 36.2 Å². The quantitative estimate of drug-likeness (QED) is 0.719. The lowest BCUT2D eigenvalue weighted by Crippen LogP contribution is -2.32. The second-order valence-electron chi connectivity index (χ2n) is 4.66. The van der Waals surface area contributed by atoms with Crippen LogP contribution in [0.4, 0.5) is 0 Å². The zero-order valence-electron chi connectivity index (χ0n) is 11.3. The fourth-order valence-corrected chi connectivity index (χ4v) is 2.13. The zero-order chi connectivity index (χ0) is 13.5. The van der Waals surface area contributed by atoms with Crippen molar-refractivity contribution in [3.63, 3.8) is 0 Å². The normalized spacial score (nSPS) is 11.5. The molecule has 18 heavy (non-hydrogen) atoms. The Labute approximate surface area is 120 Å². The van der Waals surface area contributed by atoms with Gasteiger partial charge in [-0.2, -0.15) is 0 Å². The van der Waals surface area contributed by atoms with Gasteiger partial charge in [0.15, 0.2) is 0 Å². The first kappa shape index (κ1) is 15.7. The van der Waals surface area contributed by atoms with E-state index in [1.807, 2.05) is 6.07 Å². The van der Waals surface area contributed by atoms with Gasteiger partial charge in [0.05, 0.1) is 0 Å². The third-order valence-electron chi connectivity index (χ3n) is 2.69. The van der Waals surface area contributed by atoms with Gasteiger partial charge < -0.3 is 4.90 Å². The van der Waals surface area contributed by atoms with Crippen LogP contribution < -0.4 is 0 Å². The van der Waals surface area contributed by atoms with E-state index in [1.54, 1.807) is 6.07 Å². The molecule has 0 radical (unpaired) electrons. The molecule has 0 amide bonds. The van der Waals surface area contributed by atoms with E-state index in [0.29, 0.717) is 10.3 Å². The summed E-state index contributed by atoms with van der Waals surface area (Å²) in [4.78, 5) is 8.65. The smallest absolute Gasteiger partial charge is 0.135 e. The fraction of sp³-hybridized carbons (Fsp3) is 0.615. The van der Waals surface area contributed by atoms with E-state index in [1.165, 1.54) is 0 Å². The minimum atomic E-state index is 0.444. The SMILES string of the molecule is CCCN(CCN(C)C)Cc1ccc(Cl)nc1Cl. The van der Waals surface area contributed by atoms with Crippen LogP contribution in [0.15, 0.2) is 12.1 Å². The first-order valence-electron chi connectivity index (χ1n) is 6.21. The predicted octanol–water partition coefficient (Wildman–Crippen LogP) is 3.16. The number of nitrogens with zero attached hydrogens (tertiary/aromatic N) is 3. The van der Waals surface area contributed by atoms with Gasteiger partial charge in [0.25, 0.3) is 0 Å². The summed E-state index contributed by atoms with van der Waals surface area (Å²) in [7, 11) is 4.17. The predicted molar refractivity (Wildman–Crippen MR) is 78.4 cm³/mol. The summed E-state index contributed by atoms with van der Waals surface area (Å²) >= 11 is 11.9. The Morgan fingerprint density at radius 2 is 1.83 bits per heavy atom. The molecule has 1 rings (SSSR count). The first-order valence-corrected chi connectivity index (χ1v) is 6.96. The lowest BCUT2D eigenvalue weighted by molar-refractivity contribution is 0.234. The van der Waals surface area contributed by atoms with Gasteiger partial charge in [0.1, 0.15) is 10.3 Å². The number of pyridine rings is 1. The summed E-state index contributed by atoms with van der Waals surface area (Å²) in [6.07, 6.45) is 1.13. The molecule has 0 N–H and O–H groups in total. The van der Waals surface area contributed by atoms with Crippen molar-refractivity contribution in [3.05, 3.63) is 28.0 Å². The third-order valence-corrected chi connectivity index (χ3v) is 3.23. The van der Waals surface area contributed by atoms with Crippen molar-refractivity contribution >= 4 is 23.2 Å². The van der Waals surface area contributed by atoms with E-state index in [-0.39, 0.29) is 0 Å². The van der Waals surface area contributed by atoms with E-state index in [0.717, 1.165) is 38.2 Å². The molecule has 0 atom stereocenters. The maximum absolute atomic E-state index is 6.10. The van der Waals surface area contributed by atoms with Crippen molar-refractivity contribution in [2.45, 2.75) is 19.9 Å². The van der Waals surface area contributed by atoms with Crippen LogP contribution in [0.5, 0.6) is 0 Å². The molecule has 0 saturated carbocycles. The van der Waals surface area contributed by atoms with Gasteiger partial charge in [0, 0.05) is 25.2 Å². The molecule has 0 spiro atoms. The molecule has 1 aromatic rings. The first-order chi connectivity index (χ1) is 8.52. The van der Waals surface area contributed by atoms with Crippen LogP contribution in [0.3, 0.4) is 0 Å². The maximum Gasteiger partial charge on any atom is 0.135 e. The Hall–Kier alpha value is -0.350. The van der Waals surface area contributed by atoms with E-state index >= 15 is 0 Å². The lowest BCUT2D eigenvalue weighted by Gasteiger charge is -2.23. The highest BCUT2D eigenvalue weighted by atomic mass is 35.5. The Kier molecular flexibility index (Phi) is 6.94. The van der Waals surface area contributed by atoms with Gasteiger partial charge in [-0.3, -0.25) is 4.90 Å². The third kappa shape index (κ3) is 5.53. The van der Waals surface area contributed by atoms with Crippen LogP contribution in [-0.4, -0.2) is 48.5 Å². The van der Waals surface area contributed by atoms with Gasteiger partial charge in [-0.15, -0.1) is 0 Å². The summed E-state index contributed by atoms with van der Waals surface area (Å²) < 4.78 is 0. The van der Waals surface area contributed by atoms with Crippen LogP contribution in [0.1, 0.15) is 18.9 Å². The number of halogens is 2. The topological polar surface area (TPSA) is 19.4 Å². The second-order valence-corrected chi connectivity index (χ2v) is 5.41. The van der Waals surface area contributed by atoms with Crippen molar-refractivity contribution in [3.8, 4) is 0 Å². The monoisotopic (exact) mass is 289 g/mol. The Balaban J connectivity index is 2.64. The molecular weight excluding hydrogens is 269 g/mol. The number of hydrogen-bond donors (Lipinski definition) is 0. The van der Waals surface area contributed by atoms with Crippen LogP contribution in [-0.2, 0) is 6.54 Å². The molecule has 0 aromatic carbocycles. The van der Waals surface area contributed by atoms with E-state index in [4.69, 9.17) is 23.2 Å². The molecule has 1 heterocycles. The van der Waals surface area contributed by atoms with Gasteiger partial charge in [-0.05, 0) is 33.1 Å². The van der Waals surface area contributed by atoms with Crippen LogP contribution in [0.2, 0.25) is 10.3 Å². The number of hydrogen-bond acceptors (Lipinski definition) is 3. The van der Waals surface area contributed by atoms with Crippen LogP contribution >= 0.6 is 23.2 Å². The molecule has 0 aliphatic heterocycles. The van der Waals surface area contributed by atoms with Crippen molar-refractivity contribution in [1.29, 1.82) is 0 Å². The molecule has 0 saturated heterocycles. The molecule has 0 fully saturated rings. The average Bonchev–Trinajstić information content (AvgIpc) is 2.29. The highest BCUT2D eigenvalue weighted by Gasteiger charge is 2.09. The van der Waals surface area contributed by atoms with E-state index < -0.39 is 0 Å². The molecule has 3 nitrogen and oxygen atoms in total. The summed E-state index contributed by atoms with van der Waals surface area (Å²) in [6.45, 7) is 6.14. The molecule has 5 heteroatoms. The number of aromatic nitrogens is 1. The molecule has 0 aliphatic carbocycles. The highest BCUT2D eigenvalue weighted by Crippen LogP contribution is 2.18. The average molecular weight is 290 g/mol. The Morgan fingerprint density at radius 3 is 2.39 bits per heavy atom. The summed E-state index contributed by atoms with van der Waals surface area (Å²) in [6, 6.07) is 3.74. The zero-order valence-corrected chi connectivity index (χ0v) is 12.8. The Morgan fingerprint density at radius 1 is 1.11 bits per heavy atom. The lowest BCUT2D eigenvalue weighted by atomic mass is 10.2. The summed E-state index contributed by atoms with van der Waals surface area (Å²) in [5.74, 6) is 0. The van der Waals surface area contributed by atoms with E-state index in [2.05, 4.69) is 35.8 Å². The van der Waals surface area contributed by atoms with Crippen molar-refractivity contribution in [2.75, 3.05) is 33.7 Å². The fourth-order valence-electron chi connectivity index (χ4n) is 1.73. The Bertz CT molecular complexity index is 369. The minimum absolute atomic E-state index is 0.444. The van der Waals surface area contributed by atoms with Crippen molar-refractivity contribution < 1.29 is 0 Å². The number of rotatable bonds is 7. The van der Waals surface area contributed by atoms with Gasteiger partial charge in [-0.25, -0.2) is 4.98 Å². The van der Waals surface area contributed by atoms with Crippen LogP contribution in [0.25, 0.3) is 0 Å². The largest absolute Gasteiger partial charge is 0.308 e. The molecular formula is C13H21Cl2N3. The van der Waals surface area contributed by atoms with Gasteiger partial charge in [0.2, 0.25) is 0 Å². The molecule has 1 aromatic heterocycles. The summed E-state index contributed by atoms with van der Waals surface area (Å²) in [5.41, 5.74) is 1.04. The minimum Gasteiger partial charge on any atom is -0.308 e. The molecule has 102 valence electrons. The molecule has 0 unspecified atom stereocenters. The van der Waals surface area contributed by atoms with Crippen molar-refractivity contribution in [2.24, 2.45) is 0 Å². The standard InChI is InChI=1S/C13H21Cl2N3/c1-4-7-18(9-8-17(2)3)10-11-5-6-12(14)16-13(11)15/h5-6H,4,7-10H2,1-3H3. The summed E-state index contributed by atoms with van der Waals surface area (Å²) in [5, 5.41) is 0.951. The second kappa shape index (κ2) is 7.95. The molecule has 0 aliphatic rings. The number of likely N-dealkylation sites (N-methyl/N-ethyl adjacent to an activating group) is 1. The van der Waals surface area contributed by atoms with E-state index in [9.17, 15) is 0 Å². The maximum atomic E-state index is 6.10. The van der Waals surface area contributed by atoms with Crippen molar-refractivity contribution in [1.82, 2.24) is 14.8 Å². The van der Waals surface area contributed by atoms with Gasteiger partial charge >= 0.3 is 0 Å². The highest BCUT2D eigenvalue weighted by molar-refractivity contribution is 6.32. The molecule has 0 bridgehead atoms. The van der Waals surface area contributed by atoms with Crippen LogP contribution in [0, 0.1) is 0 Å².